The molecule has 3 aromatic rings. The van der Waals surface area contributed by atoms with Crippen molar-refractivity contribution in [1.82, 2.24) is 19.6 Å². The Balaban J connectivity index is 1.85. The Hall–Kier alpha value is -1.79. The van der Waals surface area contributed by atoms with Crippen LogP contribution in [0.3, 0.4) is 0 Å². The minimum Gasteiger partial charge on any atom is -0.247 e. The molecule has 0 atom stereocenters. The van der Waals surface area contributed by atoms with Gasteiger partial charge in [0.15, 0.2) is 5.65 Å². The van der Waals surface area contributed by atoms with Crippen molar-refractivity contribution in [3.8, 4) is 0 Å². The van der Waals surface area contributed by atoms with Crippen LogP contribution in [0.5, 0.6) is 0 Å². The normalized spacial score (nSPS) is 11.0. The predicted molar refractivity (Wildman–Crippen MR) is 74.6 cm³/mol. The number of nitrogens with zero attached hydrogens (tertiary/aromatic N) is 3. The standard InChI is InChI=1S/C12H9ClN4OS/c13-9-3-1-8(2-4-9)7-19-11-10-15-16-12(18)17(10)6-5-14-11/h1-6H,7H2,(H,16,18). The van der Waals surface area contributed by atoms with Gasteiger partial charge in [-0.25, -0.2) is 19.3 Å². The number of halogens is 1. The fourth-order valence-electron chi connectivity index (χ4n) is 1.65. The van der Waals surface area contributed by atoms with E-state index in [1.54, 1.807) is 12.4 Å². The average molecular weight is 293 g/mol. The zero-order valence-electron chi connectivity index (χ0n) is 9.71. The summed E-state index contributed by atoms with van der Waals surface area (Å²) in [5.74, 6) is 0.741. The molecule has 0 fully saturated rings. The fraction of sp³-hybridized carbons (Fsp3) is 0.0833. The fourth-order valence-corrected chi connectivity index (χ4v) is 2.68. The molecule has 0 radical (unpaired) electrons. The van der Waals surface area contributed by atoms with Crippen LogP contribution in [0.25, 0.3) is 5.65 Å². The molecular weight excluding hydrogens is 284 g/mol. The SMILES string of the molecule is O=c1[nH]nc2c(SCc3ccc(Cl)cc3)nccn12. The first-order valence-electron chi connectivity index (χ1n) is 5.53. The Morgan fingerprint density at radius 3 is 2.89 bits per heavy atom. The number of aromatic amines is 1. The number of nitrogens with one attached hydrogen (secondary N) is 1. The lowest BCUT2D eigenvalue weighted by Gasteiger charge is -2.02. The highest BCUT2D eigenvalue weighted by Crippen LogP contribution is 2.23. The number of thioether (sulfide) groups is 1. The van der Waals surface area contributed by atoms with Gasteiger partial charge in [0, 0.05) is 23.2 Å². The van der Waals surface area contributed by atoms with Gasteiger partial charge in [-0.2, -0.15) is 0 Å². The molecule has 0 spiro atoms. The molecule has 96 valence electrons. The third-order valence-corrected chi connectivity index (χ3v) is 3.88. The Morgan fingerprint density at radius 1 is 1.32 bits per heavy atom. The highest BCUT2D eigenvalue weighted by Gasteiger charge is 2.07. The third-order valence-electron chi connectivity index (χ3n) is 2.59. The van der Waals surface area contributed by atoms with Gasteiger partial charge in [-0.05, 0) is 17.7 Å². The van der Waals surface area contributed by atoms with E-state index >= 15 is 0 Å². The number of H-pyrrole nitrogens is 1. The zero-order valence-corrected chi connectivity index (χ0v) is 11.3. The van der Waals surface area contributed by atoms with Crippen molar-refractivity contribution < 1.29 is 0 Å². The molecule has 0 saturated carbocycles. The van der Waals surface area contributed by atoms with E-state index in [9.17, 15) is 4.79 Å². The van der Waals surface area contributed by atoms with Crippen molar-refractivity contribution in [2.75, 3.05) is 0 Å². The predicted octanol–water partition coefficient (Wildman–Crippen LogP) is 2.36. The number of hydrogen-bond acceptors (Lipinski definition) is 4. The van der Waals surface area contributed by atoms with Crippen molar-refractivity contribution in [1.29, 1.82) is 0 Å². The van der Waals surface area contributed by atoms with Gasteiger partial charge in [0.1, 0.15) is 5.03 Å². The second-order valence-corrected chi connectivity index (χ2v) is 5.27. The lowest BCUT2D eigenvalue weighted by molar-refractivity contribution is 0.999. The van der Waals surface area contributed by atoms with Gasteiger partial charge in [-0.3, -0.25) is 0 Å². The molecule has 0 unspecified atom stereocenters. The lowest BCUT2D eigenvalue weighted by atomic mass is 10.2. The average Bonchev–Trinajstić information content (AvgIpc) is 2.81. The van der Waals surface area contributed by atoms with Gasteiger partial charge in [0.05, 0.1) is 0 Å². The first kappa shape index (κ1) is 12.3. The maximum absolute atomic E-state index is 11.4. The van der Waals surface area contributed by atoms with Crippen molar-refractivity contribution in [2.24, 2.45) is 0 Å². The minimum atomic E-state index is -0.259. The van der Waals surface area contributed by atoms with Gasteiger partial charge in [-0.1, -0.05) is 35.5 Å². The second-order valence-electron chi connectivity index (χ2n) is 3.87. The van der Waals surface area contributed by atoms with E-state index in [0.717, 1.165) is 16.3 Å². The monoisotopic (exact) mass is 292 g/mol. The van der Waals surface area contributed by atoms with Gasteiger partial charge in [0.2, 0.25) is 0 Å². The molecule has 0 aliphatic rings. The van der Waals surface area contributed by atoms with E-state index in [0.29, 0.717) is 10.7 Å². The molecule has 1 N–H and O–H groups in total. The molecular formula is C12H9ClN4OS. The molecule has 7 heteroatoms. The summed E-state index contributed by atoms with van der Waals surface area (Å²) in [5, 5.41) is 7.81. The van der Waals surface area contributed by atoms with Crippen LogP contribution in [0.4, 0.5) is 0 Å². The summed E-state index contributed by atoms with van der Waals surface area (Å²) >= 11 is 7.36. The maximum Gasteiger partial charge on any atom is 0.347 e. The van der Waals surface area contributed by atoms with E-state index in [-0.39, 0.29) is 5.69 Å². The minimum absolute atomic E-state index is 0.259. The Labute approximate surface area is 117 Å². The zero-order chi connectivity index (χ0) is 13.2. The van der Waals surface area contributed by atoms with Crippen LogP contribution >= 0.6 is 23.4 Å². The molecule has 2 heterocycles. The van der Waals surface area contributed by atoms with Gasteiger partial charge < -0.3 is 0 Å². The first-order valence-corrected chi connectivity index (χ1v) is 6.89. The smallest absolute Gasteiger partial charge is 0.247 e. The first-order chi connectivity index (χ1) is 9.24. The van der Waals surface area contributed by atoms with E-state index in [1.807, 2.05) is 24.3 Å². The topological polar surface area (TPSA) is 63.0 Å². The van der Waals surface area contributed by atoms with Crippen molar-refractivity contribution in [3.63, 3.8) is 0 Å². The number of aromatic nitrogens is 4. The van der Waals surface area contributed by atoms with Crippen LogP contribution in [0.2, 0.25) is 5.02 Å². The molecule has 0 bridgehead atoms. The summed E-state index contributed by atoms with van der Waals surface area (Å²) in [7, 11) is 0. The van der Waals surface area contributed by atoms with Crippen molar-refractivity contribution >= 4 is 29.0 Å². The van der Waals surface area contributed by atoms with Crippen LogP contribution in [-0.4, -0.2) is 19.6 Å². The van der Waals surface area contributed by atoms with E-state index < -0.39 is 0 Å². The van der Waals surface area contributed by atoms with Crippen LogP contribution < -0.4 is 5.69 Å². The van der Waals surface area contributed by atoms with Gasteiger partial charge in [-0.15, -0.1) is 5.10 Å². The Bertz CT molecular complexity index is 765. The molecule has 3 rings (SSSR count). The number of benzene rings is 1. The lowest BCUT2D eigenvalue weighted by Crippen LogP contribution is -2.08. The summed E-state index contributed by atoms with van der Waals surface area (Å²) in [6.45, 7) is 0. The van der Waals surface area contributed by atoms with Crippen LogP contribution in [-0.2, 0) is 5.75 Å². The van der Waals surface area contributed by atoms with Crippen LogP contribution in [0.15, 0.2) is 46.5 Å². The Morgan fingerprint density at radius 2 is 2.11 bits per heavy atom. The highest BCUT2D eigenvalue weighted by molar-refractivity contribution is 7.98. The van der Waals surface area contributed by atoms with Gasteiger partial charge in [0.25, 0.3) is 0 Å². The third kappa shape index (κ3) is 2.50. The molecule has 19 heavy (non-hydrogen) atoms. The Kier molecular flexibility index (Phi) is 3.27. The van der Waals surface area contributed by atoms with E-state index in [4.69, 9.17) is 11.6 Å². The summed E-state index contributed by atoms with van der Waals surface area (Å²) < 4.78 is 1.44. The number of fused-ring (bicyclic) bond motifs is 1. The van der Waals surface area contributed by atoms with E-state index in [2.05, 4.69) is 15.2 Å². The number of rotatable bonds is 3. The molecule has 0 amide bonds. The number of hydrogen-bond donors (Lipinski definition) is 1. The summed E-state index contributed by atoms with van der Waals surface area (Å²) in [4.78, 5) is 15.7. The van der Waals surface area contributed by atoms with Gasteiger partial charge >= 0.3 is 5.69 Å². The second kappa shape index (κ2) is 5.07. The quantitative estimate of drug-likeness (QED) is 0.753. The molecule has 0 saturated heterocycles. The summed E-state index contributed by atoms with van der Waals surface area (Å²) in [6.07, 6.45) is 3.18. The van der Waals surface area contributed by atoms with Crippen LogP contribution in [0.1, 0.15) is 5.56 Å². The van der Waals surface area contributed by atoms with Crippen molar-refractivity contribution in [2.45, 2.75) is 10.8 Å². The van der Waals surface area contributed by atoms with E-state index in [1.165, 1.54) is 16.2 Å². The van der Waals surface area contributed by atoms with Crippen LogP contribution in [0, 0.1) is 0 Å². The molecule has 5 nitrogen and oxygen atoms in total. The largest absolute Gasteiger partial charge is 0.347 e. The maximum atomic E-state index is 11.4. The summed E-state index contributed by atoms with van der Waals surface area (Å²) in [6, 6.07) is 7.63. The highest BCUT2D eigenvalue weighted by atomic mass is 35.5. The molecule has 0 aliphatic heterocycles. The molecule has 0 aliphatic carbocycles. The van der Waals surface area contributed by atoms with Crippen molar-refractivity contribution in [3.05, 3.63) is 57.7 Å². The molecule has 2 aromatic heterocycles. The molecule has 1 aromatic carbocycles. The summed E-state index contributed by atoms with van der Waals surface area (Å²) in [5.41, 5.74) is 1.42.